The molecule has 0 aromatic heterocycles. The minimum atomic E-state index is -0.970. The Morgan fingerprint density at radius 2 is 1.57 bits per heavy atom. The predicted molar refractivity (Wildman–Crippen MR) is 109 cm³/mol. The summed E-state index contributed by atoms with van der Waals surface area (Å²) in [6.45, 7) is 1.65. The standard InChI is InChI=1S/C23H23N3O4/c1-16(17-8-4-2-5-9-17)26-21(29)20(28)25(22(26)30)14-19(27)24-15-23(12-13-23)18-10-6-3-7-11-18/h2-11,16H,12-15H2,1H3,(H,24,27). The summed E-state index contributed by atoms with van der Waals surface area (Å²) in [5.41, 5.74) is 1.81. The molecule has 1 saturated heterocycles. The number of hydrogen-bond acceptors (Lipinski definition) is 4. The molecule has 2 fully saturated rings. The molecule has 4 rings (SSSR count). The van der Waals surface area contributed by atoms with E-state index in [4.69, 9.17) is 0 Å². The lowest BCUT2D eigenvalue weighted by molar-refractivity contribution is -0.144. The number of carbonyl (C=O) groups is 4. The molecule has 7 nitrogen and oxygen atoms in total. The molecule has 154 valence electrons. The Morgan fingerprint density at radius 1 is 0.967 bits per heavy atom. The van der Waals surface area contributed by atoms with Crippen molar-refractivity contribution in [3.63, 3.8) is 0 Å². The highest BCUT2D eigenvalue weighted by molar-refractivity contribution is 6.45. The number of benzene rings is 2. The minimum Gasteiger partial charge on any atom is -0.354 e. The summed E-state index contributed by atoms with van der Waals surface area (Å²) in [5, 5.41) is 2.83. The Balaban J connectivity index is 1.40. The molecule has 2 aliphatic rings. The summed E-state index contributed by atoms with van der Waals surface area (Å²) in [5.74, 6) is -2.34. The molecular formula is C23H23N3O4. The zero-order valence-corrected chi connectivity index (χ0v) is 16.7. The lowest BCUT2D eigenvalue weighted by atomic mass is 9.96. The van der Waals surface area contributed by atoms with Crippen LogP contribution in [0, 0.1) is 0 Å². The Hall–Kier alpha value is -3.48. The van der Waals surface area contributed by atoms with Crippen LogP contribution in [0.25, 0.3) is 0 Å². The number of carbonyl (C=O) groups excluding carboxylic acids is 4. The van der Waals surface area contributed by atoms with Crippen LogP contribution in [0.1, 0.15) is 36.9 Å². The normalized spacial score (nSPS) is 18.5. The number of nitrogens with zero attached hydrogens (tertiary/aromatic N) is 2. The molecule has 1 saturated carbocycles. The van der Waals surface area contributed by atoms with E-state index in [1.54, 1.807) is 31.2 Å². The number of imide groups is 2. The Kier molecular flexibility index (Phi) is 5.11. The van der Waals surface area contributed by atoms with Gasteiger partial charge in [0.25, 0.3) is 0 Å². The molecule has 7 heteroatoms. The van der Waals surface area contributed by atoms with E-state index in [-0.39, 0.29) is 5.41 Å². The van der Waals surface area contributed by atoms with Crippen LogP contribution in [0.3, 0.4) is 0 Å². The highest BCUT2D eigenvalue weighted by Crippen LogP contribution is 2.47. The van der Waals surface area contributed by atoms with Crippen molar-refractivity contribution in [2.45, 2.75) is 31.2 Å². The third-order valence-electron chi connectivity index (χ3n) is 5.92. The second-order valence-corrected chi connectivity index (χ2v) is 7.86. The molecule has 1 aliphatic heterocycles. The van der Waals surface area contributed by atoms with Crippen molar-refractivity contribution in [3.8, 4) is 0 Å². The van der Waals surface area contributed by atoms with Gasteiger partial charge in [-0.25, -0.2) is 14.6 Å². The van der Waals surface area contributed by atoms with E-state index in [1.165, 1.54) is 0 Å². The average Bonchev–Trinajstić information content (AvgIpc) is 3.54. The maximum atomic E-state index is 12.7. The van der Waals surface area contributed by atoms with Crippen LogP contribution in [0.5, 0.6) is 0 Å². The quantitative estimate of drug-likeness (QED) is 0.566. The molecule has 1 aliphatic carbocycles. The summed E-state index contributed by atoms with van der Waals surface area (Å²) in [4.78, 5) is 51.6. The first-order valence-corrected chi connectivity index (χ1v) is 9.99. The molecule has 30 heavy (non-hydrogen) atoms. The molecular weight excluding hydrogens is 382 g/mol. The SMILES string of the molecule is CC(c1ccccc1)N1C(=O)C(=O)N(CC(=O)NCC2(c3ccccc3)CC2)C1=O. The number of urea groups is 1. The summed E-state index contributed by atoms with van der Waals surface area (Å²) >= 11 is 0. The van der Waals surface area contributed by atoms with Crippen LogP contribution in [-0.2, 0) is 19.8 Å². The number of amides is 5. The van der Waals surface area contributed by atoms with Gasteiger partial charge in [0, 0.05) is 12.0 Å². The van der Waals surface area contributed by atoms with E-state index in [9.17, 15) is 19.2 Å². The van der Waals surface area contributed by atoms with Gasteiger partial charge in [-0.3, -0.25) is 14.4 Å². The van der Waals surface area contributed by atoms with Crippen molar-refractivity contribution in [1.29, 1.82) is 0 Å². The molecule has 5 amide bonds. The lowest BCUT2D eigenvalue weighted by Crippen LogP contribution is -2.43. The van der Waals surface area contributed by atoms with Gasteiger partial charge >= 0.3 is 17.8 Å². The second-order valence-electron chi connectivity index (χ2n) is 7.86. The first-order chi connectivity index (χ1) is 14.4. The molecule has 1 atom stereocenters. The van der Waals surface area contributed by atoms with Gasteiger partial charge in [-0.15, -0.1) is 0 Å². The fourth-order valence-electron chi connectivity index (χ4n) is 3.86. The second kappa shape index (κ2) is 7.74. The van der Waals surface area contributed by atoms with Crippen LogP contribution >= 0.6 is 0 Å². The van der Waals surface area contributed by atoms with Gasteiger partial charge in [-0.1, -0.05) is 60.7 Å². The number of hydrogen-bond donors (Lipinski definition) is 1. The summed E-state index contributed by atoms with van der Waals surface area (Å²) in [6, 6.07) is 17.6. The van der Waals surface area contributed by atoms with Crippen molar-refractivity contribution in [3.05, 3.63) is 71.8 Å². The van der Waals surface area contributed by atoms with Crippen LogP contribution in [0.2, 0.25) is 0 Å². The minimum absolute atomic E-state index is 0.0837. The predicted octanol–water partition coefficient (Wildman–Crippen LogP) is 2.39. The summed E-state index contributed by atoms with van der Waals surface area (Å²) in [6.07, 6.45) is 1.94. The maximum Gasteiger partial charge on any atom is 0.335 e. The number of nitrogens with one attached hydrogen (secondary N) is 1. The van der Waals surface area contributed by atoms with Gasteiger partial charge in [0.05, 0.1) is 6.04 Å². The zero-order chi connectivity index (χ0) is 21.3. The van der Waals surface area contributed by atoms with Crippen LogP contribution < -0.4 is 5.32 Å². The Bertz CT molecular complexity index is 986. The number of rotatable bonds is 7. The summed E-state index contributed by atoms with van der Waals surface area (Å²) < 4.78 is 0. The molecule has 1 unspecified atom stereocenters. The fraction of sp³-hybridized carbons (Fsp3) is 0.304. The first kappa shape index (κ1) is 19.8. The lowest BCUT2D eigenvalue weighted by Gasteiger charge is -2.22. The molecule has 0 bridgehead atoms. The molecule has 2 aromatic rings. The van der Waals surface area contributed by atoms with Gasteiger partial charge < -0.3 is 5.32 Å². The van der Waals surface area contributed by atoms with Gasteiger partial charge in [-0.2, -0.15) is 0 Å². The smallest absolute Gasteiger partial charge is 0.335 e. The third-order valence-corrected chi connectivity index (χ3v) is 5.92. The zero-order valence-electron chi connectivity index (χ0n) is 16.7. The van der Waals surface area contributed by atoms with E-state index < -0.39 is 36.3 Å². The third kappa shape index (κ3) is 3.58. The largest absolute Gasteiger partial charge is 0.354 e. The van der Waals surface area contributed by atoms with E-state index in [2.05, 4.69) is 5.32 Å². The van der Waals surface area contributed by atoms with Gasteiger partial charge in [0.2, 0.25) is 5.91 Å². The van der Waals surface area contributed by atoms with Crippen LogP contribution in [0.4, 0.5) is 4.79 Å². The van der Waals surface area contributed by atoms with E-state index >= 15 is 0 Å². The first-order valence-electron chi connectivity index (χ1n) is 9.99. The maximum absolute atomic E-state index is 12.7. The van der Waals surface area contributed by atoms with Crippen molar-refractivity contribution < 1.29 is 19.2 Å². The van der Waals surface area contributed by atoms with E-state index in [1.807, 2.05) is 36.4 Å². The molecule has 1 heterocycles. The average molecular weight is 405 g/mol. The highest BCUT2D eigenvalue weighted by Gasteiger charge is 2.48. The van der Waals surface area contributed by atoms with Crippen LogP contribution in [-0.4, -0.2) is 46.6 Å². The van der Waals surface area contributed by atoms with Gasteiger partial charge in [0.15, 0.2) is 0 Å². The molecule has 0 spiro atoms. The van der Waals surface area contributed by atoms with Crippen molar-refractivity contribution in [2.24, 2.45) is 0 Å². The molecule has 1 N–H and O–H groups in total. The monoisotopic (exact) mass is 405 g/mol. The Morgan fingerprint density at radius 3 is 2.17 bits per heavy atom. The van der Waals surface area contributed by atoms with Crippen molar-refractivity contribution in [1.82, 2.24) is 15.1 Å². The van der Waals surface area contributed by atoms with Gasteiger partial charge in [0.1, 0.15) is 6.54 Å². The topological polar surface area (TPSA) is 86.8 Å². The van der Waals surface area contributed by atoms with Gasteiger partial charge in [-0.05, 0) is 30.9 Å². The van der Waals surface area contributed by atoms with Crippen molar-refractivity contribution in [2.75, 3.05) is 13.1 Å². The summed E-state index contributed by atoms with van der Waals surface area (Å²) in [7, 11) is 0. The highest BCUT2D eigenvalue weighted by atomic mass is 16.2. The van der Waals surface area contributed by atoms with Crippen LogP contribution in [0.15, 0.2) is 60.7 Å². The van der Waals surface area contributed by atoms with E-state index in [0.29, 0.717) is 6.54 Å². The molecule has 2 aromatic carbocycles. The Labute approximate surface area is 174 Å². The van der Waals surface area contributed by atoms with Crippen molar-refractivity contribution >= 4 is 23.8 Å². The molecule has 0 radical (unpaired) electrons. The van der Waals surface area contributed by atoms with E-state index in [0.717, 1.165) is 33.8 Å². The fourth-order valence-corrected chi connectivity index (χ4v) is 3.86.